The van der Waals surface area contributed by atoms with E-state index in [4.69, 9.17) is 9.47 Å². The van der Waals surface area contributed by atoms with E-state index in [1.165, 1.54) is 10.9 Å². The lowest BCUT2D eigenvalue weighted by atomic mass is 10.1. The van der Waals surface area contributed by atoms with Crippen LogP contribution in [-0.4, -0.2) is 28.8 Å². The third-order valence-electron chi connectivity index (χ3n) is 3.45. The van der Waals surface area contributed by atoms with E-state index in [1.807, 2.05) is 18.2 Å². The molecule has 0 bridgehead atoms. The van der Waals surface area contributed by atoms with Gasteiger partial charge < -0.3 is 14.0 Å². The van der Waals surface area contributed by atoms with Crippen LogP contribution in [0.3, 0.4) is 0 Å². The third kappa shape index (κ3) is 2.28. The van der Waals surface area contributed by atoms with Crippen LogP contribution in [-0.2, 0) is 7.05 Å². The summed E-state index contributed by atoms with van der Waals surface area (Å²) < 4.78 is 11.9. The number of pyridine rings is 1. The van der Waals surface area contributed by atoms with Crippen molar-refractivity contribution in [3.8, 4) is 22.8 Å². The molecule has 0 N–H and O–H groups in total. The molecule has 2 heterocycles. The molecule has 0 saturated heterocycles. The van der Waals surface area contributed by atoms with Gasteiger partial charge in [0.15, 0.2) is 17.0 Å². The summed E-state index contributed by atoms with van der Waals surface area (Å²) in [5.41, 5.74) is 2.26. The van der Waals surface area contributed by atoms with Crippen molar-refractivity contribution in [3.05, 3.63) is 47.0 Å². The zero-order valence-corrected chi connectivity index (χ0v) is 12.5. The van der Waals surface area contributed by atoms with Gasteiger partial charge in [-0.1, -0.05) is 0 Å². The Balaban J connectivity index is 2.18. The van der Waals surface area contributed by atoms with E-state index in [0.29, 0.717) is 28.2 Å². The van der Waals surface area contributed by atoms with Crippen LogP contribution in [0.1, 0.15) is 0 Å². The summed E-state index contributed by atoms with van der Waals surface area (Å²) in [6, 6.07) is 9.12. The van der Waals surface area contributed by atoms with Crippen molar-refractivity contribution in [3.63, 3.8) is 0 Å². The molecule has 0 spiro atoms. The maximum Gasteiger partial charge on any atom is 0.279 e. The van der Waals surface area contributed by atoms with E-state index in [9.17, 15) is 4.79 Å². The standard InChI is InChI=1S/C16H15N3O3/c1-19-9-17-12-6-5-11(18-15(12)16(19)20)10-4-7-13(21-2)14(8-10)22-3/h4-9H,1-3H3. The number of benzene rings is 1. The third-order valence-corrected chi connectivity index (χ3v) is 3.45. The molecule has 0 aliphatic heterocycles. The fourth-order valence-corrected chi connectivity index (χ4v) is 2.24. The first-order chi connectivity index (χ1) is 10.6. The Bertz CT molecular complexity index is 903. The molecule has 0 aliphatic carbocycles. The number of hydrogen-bond acceptors (Lipinski definition) is 5. The van der Waals surface area contributed by atoms with E-state index in [2.05, 4.69) is 9.97 Å². The van der Waals surface area contributed by atoms with Crippen LogP contribution in [0.4, 0.5) is 0 Å². The lowest BCUT2D eigenvalue weighted by Crippen LogP contribution is -2.18. The van der Waals surface area contributed by atoms with Gasteiger partial charge in [-0.05, 0) is 30.3 Å². The van der Waals surface area contributed by atoms with Gasteiger partial charge in [-0.3, -0.25) is 4.79 Å². The summed E-state index contributed by atoms with van der Waals surface area (Å²) in [5, 5.41) is 0. The molecule has 6 heteroatoms. The molecule has 0 atom stereocenters. The SMILES string of the molecule is COc1ccc(-c2ccc3ncn(C)c(=O)c3n2)cc1OC. The smallest absolute Gasteiger partial charge is 0.279 e. The summed E-state index contributed by atoms with van der Waals surface area (Å²) >= 11 is 0. The molecule has 3 aromatic rings. The normalized spacial score (nSPS) is 10.7. The van der Waals surface area contributed by atoms with Crippen LogP contribution in [0.25, 0.3) is 22.3 Å². The Morgan fingerprint density at radius 1 is 1.05 bits per heavy atom. The van der Waals surface area contributed by atoms with Crippen LogP contribution in [0.5, 0.6) is 11.5 Å². The zero-order chi connectivity index (χ0) is 15.7. The van der Waals surface area contributed by atoms with Crippen molar-refractivity contribution >= 4 is 11.0 Å². The molecule has 0 aliphatic rings. The molecule has 0 saturated carbocycles. The van der Waals surface area contributed by atoms with Gasteiger partial charge in [0.25, 0.3) is 5.56 Å². The topological polar surface area (TPSA) is 66.2 Å². The van der Waals surface area contributed by atoms with Gasteiger partial charge in [0.2, 0.25) is 0 Å². The molecule has 112 valence electrons. The molecule has 6 nitrogen and oxygen atoms in total. The maximum absolute atomic E-state index is 12.2. The molecule has 0 radical (unpaired) electrons. The first kappa shape index (κ1) is 14.1. The molecule has 0 fully saturated rings. The van der Waals surface area contributed by atoms with Crippen molar-refractivity contribution in [1.29, 1.82) is 0 Å². The van der Waals surface area contributed by atoms with Gasteiger partial charge in [-0.2, -0.15) is 0 Å². The Labute approximate surface area is 127 Å². The van der Waals surface area contributed by atoms with Gasteiger partial charge in [0.1, 0.15) is 0 Å². The largest absolute Gasteiger partial charge is 0.493 e. The lowest BCUT2D eigenvalue weighted by Gasteiger charge is -2.09. The van der Waals surface area contributed by atoms with Crippen LogP contribution in [0, 0.1) is 0 Å². The van der Waals surface area contributed by atoms with Crippen molar-refractivity contribution in [2.45, 2.75) is 0 Å². The second kappa shape index (κ2) is 5.48. The van der Waals surface area contributed by atoms with Crippen LogP contribution in [0.15, 0.2) is 41.5 Å². The Hall–Kier alpha value is -2.89. The average Bonchev–Trinajstić information content (AvgIpc) is 2.57. The van der Waals surface area contributed by atoms with Gasteiger partial charge in [-0.15, -0.1) is 0 Å². The highest BCUT2D eigenvalue weighted by atomic mass is 16.5. The number of methoxy groups -OCH3 is 2. The summed E-state index contributed by atoms with van der Waals surface area (Å²) in [6.07, 6.45) is 1.49. The number of fused-ring (bicyclic) bond motifs is 1. The first-order valence-corrected chi connectivity index (χ1v) is 6.69. The van der Waals surface area contributed by atoms with Crippen LogP contribution in [0.2, 0.25) is 0 Å². The highest BCUT2D eigenvalue weighted by Crippen LogP contribution is 2.31. The Morgan fingerprint density at radius 2 is 1.82 bits per heavy atom. The second-order valence-electron chi connectivity index (χ2n) is 4.79. The van der Waals surface area contributed by atoms with E-state index >= 15 is 0 Å². The summed E-state index contributed by atoms with van der Waals surface area (Å²) in [5.74, 6) is 1.26. The number of aryl methyl sites for hydroxylation is 1. The fourth-order valence-electron chi connectivity index (χ4n) is 2.24. The van der Waals surface area contributed by atoms with E-state index in [0.717, 1.165) is 5.56 Å². The van der Waals surface area contributed by atoms with Crippen molar-refractivity contribution in [2.75, 3.05) is 14.2 Å². The Morgan fingerprint density at radius 3 is 2.55 bits per heavy atom. The van der Waals surface area contributed by atoms with E-state index in [-0.39, 0.29) is 5.56 Å². The monoisotopic (exact) mass is 297 g/mol. The first-order valence-electron chi connectivity index (χ1n) is 6.69. The van der Waals surface area contributed by atoms with Crippen molar-refractivity contribution < 1.29 is 9.47 Å². The number of aromatic nitrogens is 3. The molecule has 0 unspecified atom stereocenters. The van der Waals surface area contributed by atoms with Crippen molar-refractivity contribution in [2.24, 2.45) is 7.05 Å². The van der Waals surface area contributed by atoms with Gasteiger partial charge >= 0.3 is 0 Å². The molecule has 3 rings (SSSR count). The minimum Gasteiger partial charge on any atom is -0.493 e. The highest BCUT2D eigenvalue weighted by molar-refractivity contribution is 5.77. The summed E-state index contributed by atoms with van der Waals surface area (Å²) in [7, 11) is 4.82. The number of hydrogen-bond donors (Lipinski definition) is 0. The predicted molar refractivity (Wildman–Crippen MR) is 83.3 cm³/mol. The minimum absolute atomic E-state index is 0.174. The van der Waals surface area contributed by atoms with E-state index < -0.39 is 0 Å². The van der Waals surface area contributed by atoms with Crippen LogP contribution >= 0.6 is 0 Å². The molecule has 2 aromatic heterocycles. The van der Waals surface area contributed by atoms with Gasteiger partial charge in [0, 0.05) is 12.6 Å². The zero-order valence-electron chi connectivity index (χ0n) is 12.5. The molecule has 1 aromatic carbocycles. The number of rotatable bonds is 3. The number of ether oxygens (including phenoxy) is 2. The second-order valence-corrected chi connectivity index (χ2v) is 4.79. The highest BCUT2D eigenvalue weighted by Gasteiger charge is 2.10. The predicted octanol–water partition coefficient (Wildman–Crippen LogP) is 2.01. The minimum atomic E-state index is -0.174. The van der Waals surface area contributed by atoms with Gasteiger partial charge in [-0.25, -0.2) is 9.97 Å². The molecule has 22 heavy (non-hydrogen) atoms. The summed E-state index contributed by atoms with van der Waals surface area (Å²) in [6.45, 7) is 0. The van der Waals surface area contributed by atoms with Gasteiger partial charge in [0.05, 0.1) is 31.8 Å². The van der Waals surface area contributed by atoms with Crippen LogP contribution < -0.4 is 15.0 Å². The van der Waals surface area contributed by atoms with Crippen molar-refractivity contribution in [1.82, 2.24) is 14.5 Å². The Kier molecular flexibility index (Phi) is 3.50. The lowest BCUT2D eigenvalue weighted by molar-refractivity contribution is 0.355. The fraction of sp³-hybridized carbons (Fsp3) is 0.188. The molecule has 0 amide bonds. The summed E-state index contributed by atoms with van der Waals surface area (Å²) in [4.78, 5) is 20.8. The number of nitrogens with zero attached hydrogens (tertiary/aromatic N) is 3. The quantitative estimate of drug-likeness (QED) is 0.740. The van der Waals surface area contributed by atoms with E-state index in [1.54, 1.807) is 33.4 Å². The molecular formula is C16H15N3O3. The average molecular weight is 297 g/mol. The maximum atomic E-state index is 12.2. The molecular weight excluding hydrogens is 282 g/mol.